The van der Waals surface area contributed by atoms with Gasteiger partial charge in [-0.25, -0.2) is 9.69 Å². The number of imide groups is 1. The molecule has 32 heavy (non-hydrogen) atoms. The second kappa shape index (κ2) is 8.29. The van der Waals surface area contributed by atoms with E-state index in [9.17, 15) is 22.8 Å². The predicted octanol–water partition coefficient (Wildman–Crippen LogP) is 4.40. The van der Waals surface area contributed by atoms with Crippen LogP contribution >= 0.6 is 0 Å². The molecule has 0 saturated carbocycles. The topological polar surface area (TPSA) is 75.6 Å². The van der Waals surface area contributed by atoms with Crippen molar-refractivity contribution in [2.75, 3.05) is 4.90 Å². The molecule has 1 saturated heterocycles. The summed E-state index contributed by atoms with van der Waals surface area (Å²) in [5.74, 6) is -0.914. The lowest BCUT2D eigenvalue weighted by atomic mass is 10.1. The normalized spacial score (nSPS) is 16.6. The van der Waals surface area contributed by atoms with Crippen molar-refractivity contribution in [3.63, 3.8) is 0 Å². The number of alkyl halides is 3. The number of carbonyl (C=O) groups excluding carboxylic acids is 2. The number of ether oxygens (including phenoxy) is 1. The fourth-order valence-electron chi connectivity index (χ4n) is 3.37. The van der Waals surface area contributed by atoms with E-state index in [2.05, 4.69) is 14.7 Å². The molecule has 4 rings (SSSR count). The molecule has 0 radical (unpaired) electrons. The Morgan fingerprint density at radius 1 is 0.969 bits per heavy atom. The molecule has 1 aliphatic heterocycles. The summed E-state index contributed by atoms with van der Waals surface area (Å²) in [6, 6.07) is 12.2. The standard InChI is InChI=1S/C22H17F3N4O3/c1-14-20(30)29(16-5-7-17(8-6-16)32-22(23,24)25)21(31)28(14)13-15-9-11-27-19(12-15)18-4-2-3-10-26-18/h2-12,14H,13H2,1H3. The van der Waals surface area contributed by atoms with Gasteiger partial charge < -0.3 is 9.64 Å². The number of anilines is 1. The first kappa shape index (κ1) is 21.3. The summed E-state index contributed by atoms with van der Waals surface area (Å²) in [4.78, 5) is 36.6. The highest BCUT2D eigenvalue weighted by Crippen LogP contribution is 2.30. The summed E-state index contributed by atoms with van der Waals surface area (Å²) in [5, 5.41) is 0. The van der Waals surface area contributed by atoms with Crippen molar-refractivity contribution >= 4 is 17.6 Å². The molecule has 164 valence electrons. The van der Waals surface area contributed by atoms with E-state index in [1.807, 2.05) is 12.1 Å². The molecule has 1 atom stereocenters. The summed E-state index contributed by atoms with van der Waals surface area (Å²) in [5.41, 5.74) is 2.22. The van der Waals surface area contributed by atoms with Crippen molar-refractivity contribution in [2.45, 2.75) is 25.9 Å². The Balaban J connectivity index is 1.54. The van der Waals surface area contributed by atoms with E-state index in [0.29, 0.717) is 11.4 Å². The Morgan fingerprint density at radius 3 is 2.34 bits per heavy atom. The van der Waals surface area contributed by atoms with Crippen molar-refractivity contribution in [2.24, 2.45) is 0 Å². The van der Waals surface area contributed by atoms with E-state index in [-0.39, 0.29) is 12.2 Å². The number of hydrogen-bond donors (Lipinski definition) is 0. The molecule has 3 heterocycles. The van der Waals surface area contributed by atoms with Gasteiger partial charge in [0.25, 0.3) is 5.91 Å². The fourth-order valence-corrected chi connectivity index (χ4v) is 3.37. The summed E-state index contributed by atoms with van der Waals surface area (Å²) < 4.78 is 40.9. The zero-order valence-corrected chi connectivity index (χ0v) is 16.8. The smallest absolute Gasteiger partial charge is 0.406 e. The van der Waals surface area contributed by atoms with E-state index in [1.54, 1.807) is 37.5 Å². The van der Waals surface area contributed by atoms with E-state index < -0.39 is 30.1 Å². The lowest BCUT2D eigenvalue weighted by Gasteiger charge is -2.19. The molecule has 0 bridgehead atoms. The SMILES string of the molecule is CC1C(=O)N(c2ccc(OC(F)(F)F)cc2)C(=O)N1Cc1ccnc(-c2ccccn2)c1. The summed E-state index contributed by atoms with van der Waals surface area (Å²) in [6.07, 6.45) is -1.58. The number of aromatic nitrogens is 2. The molecule has 0 spiro atoms. The van der Waals surface area contributed by atoms with Crippen LogP contribution in [0.4, 0.5) is 23.7 Å². The molecule has 3 amide bonds. The minimum absolute atomic E-state index is 0.153. The first-order valence-corrected chi connectivity index (χ1v) is 9.59. The molecular weight excluding hydrogens is 425 g/mol. The Labute approximate surface area is 181 Å². The maximum atomic E-state index is 13.0. The highest BCUT2D eigenvalue weighted by Gasteiger charge is 2.43. The van der Waals surface area contributed by atoms with Crippen molar-refractivity contribution in [1.82, 2.24) is 14.9 Å². The number of amides is 3. The molecule has 1 fully saturated rings. The monoisotopic (exact) mass is 442 g/mol. The second-order valence-corrected chi connectivity index (χ2v) is 7.07. The summed E-state index contributed by atoms with van der Waals surface area (Å²) in [6.45, 7) is 1.75. The number of hydrogen-bond acceptors (Lipinski definition) is 5. The highest BCUT2D eigenvalue weighted by atomic mass is 19.4. The van der Waals surface area contributed by atoms with Gasteiger partial charge in [0, 0.05) is 18.9 Å². The Kier molecular flexibility index (Phi) is 5.52. The van der Waals surface area contributed by atoms with Gasteiger partial charge in [0.2, 0.25) is 0 Å². The average Bonchev–Trinajstić information content (AvgIpc) is 2.97. The zero-order chi connectivity index (χ0) is 22.9. The number of carbonyl (C=O) groups is 2. The number of rotatable bonds is 5. The molecule has 2 aromatic heterocycles. The Hall–Kier alpha value is -3.95. The number of pyridine rings is 2. The lowest BCUT2D eigenvalue weighted by molar-refractivity contribution is -0.274. The van der Waals surface area contributed by atoms with Gasteiger partial charge in [-0.2, -0.15) is 0 Å². The second-order valence-electron chi connectivity index (χ2n) is 7.07. The highest BCUT2D eigenvalue weighted by molar-refractivity contribution is 6.21. The van der Waals surface area contributed by atoms with Crippen molar-refractivity contribution in [3.8, 4) is 17.1 Å². The van der Waals surface area contributed by atoms with E-state index in [1.165, 1.54) is 17.0 Å². The Bertz CT molecular complexity index is 1140. The van der Waals surface area contributed by atoms with Crippen molar-refractivity contribution < 1.29 is 27.5 Å². The number of nitrogens with zero attached hydrogens (tertiary/aromatic N) is 4. The molecule has 1 unspecified atom stereocenters. The van der Waals surface area contributed by atoms with Gasteiger partial charge in [0.1, 0.15) is 11.8 Å². The van der Waals surface area contributed by atoms with Crippen LogP contribution in [0.5, 0.6) is 5.75 Å². The number of urea groups is 1. The molecule has 1 aliphatic rings. The molecular formula is C22H17F3N4O3. The first-order chi connectivity index (χ1) is 15.2. The summed E-state index contributed by atoms with van der Waals surface area (Å²) >= 11 is 0. The third-order valence-electron chi connectivity index (χ3n) is 4.92. The van der Waals surface area contributed by atoms with Crippen LogP contribution in [0.2, 0.25) is 0 Å². The van der Waals surface area contributed by atoms with Crippen LogP contribution in [0.15, 0.2) is 67.0 Å². The maximum absolute atomic E-state index is 13.0. The number of halogens is 3. The van der Waals surface area contributed by atoms with Crippen LogP contribution in [0.25, 0.3) is 11.4 Å². The minimum Gasteiger partial charge on any atom is -0.406 e. The van der Waals surface area contributed by atoms with Crippen molar-refractivity contribution in [3.05, 3.63) is 72.6 Å². The van der Waals surface area contributed by atoms with Gasteiger partial charge in [-0.1, -0.05) is 6.07 Å². The maximum Gasteiger partial charge on any atom is 0.573 e. The van der Waals surface area contributed by atoms with Gasteiger partial charge in [-0.05, 0) is 61.0 Å². The van der Waals surface area contributed by atoms with Crippen LogP contribution in [0, 0.1) is 0 Å². The van der Waals surface area contributed by atoms with Gasteiger partial charge in [-0.15, -0.1) is 13.2 Å². The number of benzene rings is 1. The van der Waals surface area contributed by atoms with Crippen molar-refractivity contribution in [1.29, 1.82) is 0 Å². The van der Waals surface area contributed by atoms with Crippen LogP contribution in [-0.4, -0.2) is 39.2 Å². The minimum atomic E-state index is -4.83. The summed E-state index contributed by atoms with van der Waals surface area (Å²) in [7, 11) is 0. The van der Waals surface area contributed by atoms with Crippen LogP contribution in [0.3, 0.4) is 0 Å². The van der Waals surface area contributed by atoms with Gasteiger partial charge in [0.15, 0.2) is 0 Å². The van der Waals surface area contributed by atoms with E-state index >= 15 is 0 Å². The van der Waals surface area contributed by atoms with E-state index in [0.717, 1.165) is 22.6 Å². The predicted molar refractivity (Wildman–Crippen MR) is 108 cm³/mol. The fraction of sp³-hybridized carbons (Fsp3) is 0.182. The molecule has 7 nitrogen and oxygen atoms in total. The third-order valence-corrected chi connectivity index (χ3v) is 4.92. The third kappa shape index (κ3) is 4.39. The molecule has 10 heteroatoms. The average molecular weight is 442 g/mol. The molecule has 3 aromatic rings. The van der Waals surface area contributed by atoms with Gasteiger partial charge in [-0.3, -0.25) is 14.8 Å². The molecule has 1 aromatic carbocycles. The molecule has 0 N–H and O–H groups in total. The Morgan fingerprint density at radius 2 is 1.69 bits per heavy atom. The van der Waals surface area contributed by atoms with Crippen LogP contribution < -0.4 is 9.64 Å². The zero-order valence-electron chi connectivity index (χ0n) is 16.8. The lowest BCUT2D eigenvalue weighted by Crippen LogP contribution is -2.33. The van der Waals surface area contributed by atoms with Crippen LogP contribution in [-0.2, 0) is 11.3 Å². The largest absolute Gasteiger partial charge is 0.573 e. The first-order valence-electron chi connectivity index (χ1n) is 9.59. The van der Waals surface area contributed by atoms with Crippen LogP contribution in [0.1, 0.15) is 12.5 Å². The van der Waals surface area contributed by atoms with Gasteiger partial charge >= 0.3 is 12.4 Å². The quantitative estimate of drug-likeness (QED) is 0.548. The molecule has 0 aliphatic carbocycles. The van der Waals surface area contributed by atoms with E-state index in [4.69, 9.17) is 0 Å². The van der Waals surface area contributed by atoms with Gasteiger partial charge in [0.05, 0.1) is 17.1 Å².